The third-order valence-corrected chi connectivity index (χ3v) is 4.81. The molecule has 0 aromatic heterocycles. The Morgan fingerprint density at radius 3 is 2.62 bits per heavy atom. The van der Waals surface area contributed by atoms with Gasteiger partial charge >= 0.3 is 0 Å². The van der Waals surface area contributed by atoms with Crippen LogP contribution < -0.4 is 5.32 Å². The van der Waals surface area contributed by atoms with E-state index in [9.17, 15) is 14.9 Å². The highest BCUT2D eigenvalue weighted by molar-refractivity contribution is 7.98. The largest absolute Gasteiger partial charge is 0.351 e. The summed E-state index contributed by atoms with van der Waals surface area (Å²) in [4.78, 5) is 22.6. The predicted octanol–water partition coefficient (Wildman–Crippen LogP) is 3.87. The molecule has 126 valence electrons. The van der Waals surface area contributed by atoms with Gasteiger partial charge in [0.05, 0.1) is 4.92 Å². The van der Waals surface area contributed by atoms with Crippen molar-refractivity contribution in [1.82, 2.24) is 5.32 Å². The average molecular weight is 344 g/mol. The number of thioether (sulfide) groups is 1. The van der Waals surface area contributed by atoms with Crippen molar-refractivity contribution in [3.05, 3.63) is 74.8 Å². The first kappa shape index (κ1) is 18.0. The first-order valence-electron chi connectivity index (χ1n) is 7.65. The van der Waals surface area contributed by atoms with Gasteiger partial charge in [0.25, 0.3) is 11.6 Å². The highest BCUT2D eigenvalue weighted by Gasteiger charge is 2.17. The van der Waals surface area contributed by atoms with Crippen LogP contribution in [0.2, 0.25) is 0 Å². The Balaban J connectivity index is 1.83. The summed E-state index contributed by atoms with van der Waals surface area (Å²) in [5, 5.41) is 13.8. The summed E-state index contributed by atoms with van der Waals surface area (Å²) in [6.07, 6.45) is 0. The molecule has 0 radical (unpaired) electrons. The molecule has 0 aliphatic heterocycles. The van der Waals surface area contributed by atoms with E-state index in [0.717, 1.165) is 11.5 Å². The number of aryl methyl sites for hydroxylation is 1. The van der Waals surface area contributed by atoms with Crippen LogP contribution >= 0.6 is 11.8 Å². The Morgan fingerprint density at radius 1 is 1.17 bits per heavy atom. The number of nitro benzene ring substituents is 1. The summed E-state index contributed by atoms with van der Waals surface area (Å²) in [5.74, 6) is 1.42. The molecule has 0 aliphatic carbocycles. The van der Waals surface area contributed by atoms with Gasteiger partial charge in [-0.2, -0.15) is 11.8 Å². The van der Waals surface area contributed by atoms with Gasteiger partial charge in [0.15, 0.2) is 0 Å². The van der Waals surface area contributed by atoms with Gasteiger partial charge in [-0.15, -0.1) is 0 Å². The van der Waals surface area contributed by atoms with E-state index in [1.807, 2.05) is 12.1 Å². The van der Waals surface area contributed by atoms with E-state index in [2.05, 4.69) is 24.4 Å². The van der Waals surface area contributed by atoms with Gasteiger partial charge in [0.1, 0.15) is 0 Å². The minimum atomic E-state index is -0.468. The number of nitro groups is 1. The number of rotatable bonds is 7. The smallest absolute Gasteiger partial charge is 0.273 e. The molecule has 0 heterocycles. The maximum Gasteiger partial charge on any atom is 0.273 e. The predicted molar refractivity (Wildman–Crippen MR) is 97.5 cm³/mol. The van der Waals surface area contributed by atoms with Crippen LogP contribution in [0.15, 0.2) is 42.5 Å². The molecule has 1 amide bonds. The summed E-state index contributed by atoms with van der Waals surface area (Å²) in [6, 6.07) is 12.8. The van der Waals surface area contributed by atoms with Crippen LogP contribution in [0.5, 0.6) is 0 Å². The summed E-state index contributed by atoms with van der Waals surface area (Å²) in [5.41, 5.74) is 3.28. The van der Waals surface area contributed by atoms with Gasteiger partial charge in [0.2, 0.25) is 0 Å². The Labute approximate surface area is 145 Å². The quantitative estimate of drug-likeness (QED) is 0.470. The number of amides is 1. The van der Waals surface area contributed by atoms with Crippen molar-refractivity contribution in [2.45, 2.75) is 19.6 Å². The molecule has 5 nitrogen and oxygen atoms in total. The maximum absolute atomic E-state index is 12.2. The molecule has 0 atom stereocenters. The minimum Gasteiger partial charge on any atom is -0.351 e. The van der Waals surface area contributed by atoms with Crippen LogP contribution in [0.3, 0.4) is 0 Å². The van der Waals surface area contributed by atoms with Crippen LogP contribution in [0.4, 0.5) is 5.69 Å². The summed E-state index contributed by atoms with van der Waals surface area (Å²) in [7, 11) is 0. The van der Waals surface area contributed by atoms with Gasteiger partial charge < -0.3 is 5.32 Å². The van der Waals surface area contributed by atoms with Crippen molar-refractivity contribution in [1.29, 1.82) is 0 Å². The van der Waals surface area contributed by atoms with E-state index in [1.165, 1.54) is 23.3 Å². The number of benzene rings is 2. The van der Waals surface area contributed by atoms with Crippen LogP contribution in [-0.4, -0.2) is 23.1 Å². The summed E-state index contributed by atoms with van der Waals surface area (Å²) < 4.78 is 0. The van der Waals surface area contributed by atoms with E-state index >= 15 is 0 Å². The van der Waals surface area contributed by atoms with Crippen molar-refractivity contribution in [2.75, 3.05) is 12.3 Å². The molecule has 0 unspecified atom stereocenters. The molecule has 6 heteroatoms. The summed E-state index contributed by atoms with van der Waals surface area (Å²) >= 11 is 1.75. The van der Waals surface area contributed by atoms with Crippen LogP contribution in [0.25, 0.3) is 0 Å². The molecule has 2 aromatic carbocycles. The third-order valence-electron chi connectivity index (χ3n) is 3.80. The molecule has 2 rings (SSSR count). The fourth-order valence-electron chi connectivity index (χ4n) is 2.35. The van der Waals surface area contributed by atoms with Gasteiger partial charge in [-0.25, -0.2) is 0 Å². The second-order valence-corrected chi connectivity index (χ2v) is 6.55. The van der Waals surface area contributed by atoms with Gasteiger partial charge in [-0.1, -0.05) is 30.3 Å². The molecule has 0 aliphatic rings. The summed E-state index contributed by atoms with van der Waals surface area (Å²) in [6.45, 7) is 4.21. The third kappa shape index (κ3) is 4.58. The Bertz CT molecular complexity index is 747. The Morgan fingerprint density at radius 2 is 1.92 bits per heavy atom. The second-order valence-electron chi connectivity index (χ2n) is 5.44. The van der Waals surface area contributed by atoms with E-state index in [-0.39, 0.29) is 11.6 Å². The zero-order valence-electron chi connectivity index (χ0n) is 13.7. The maximum atomic E-state index is 12.2. The topological polar surface area (TPSA) is 72.2 Å². The lowest BCUT2D eigenvalue weighted by molar-refractivity contribution is -0.385. The van der Waals surface area contributed by atoms with Crippen molar-refractivity contribution in [3.63, 3.8) is 0 Å². The first-order chi connectivity index (χ1) is 11.5. The minimum absolute atomic E-state index is 0.0309. The molecule has 1 N–H and O–H groups in total. The Hall–Kier alpha value is -2.34. The molecule has 0 saturated heterocycles. The van der Waals surface area contributed by atoms with Crippen LogP contribution in [0, 0.1) is 24.0 Å². The molecular weight excluding hydrogens is 324 g/mol. The van der Waals surface area contributed by atoms with Crippen molar-refractivity contribution < 1.29 is 9.72 Å². The lowest BCUT2D eigenvalue weighted by atomic mass is 10.1. The SMILES string of the molecule is Cc1ccccc1CSCCNC(=O)c1cccc([N+](=O)[O-])c1C. The average Bonchev–Trinajstić information content (AvgIpc) is 2.56. The number of hydrogen-bond donors (Lipinski definition) is 1. The molecule has 0 bridgehead atoms. The monoisotopic (exact) mass is 344 g/mol. The number of nitrogens with zero attached hydrogens (tertiary/aromatic N) is 1. The van der Waals surface area contributed by atoms with E-state index in [4.69, 9.17) is 0 Å². The van der Waals surface area contributed by atoms with Gasteiger partial charge in [-0.3, -0.25) is 14.9 Å². The molecule has 0 saturated carbocycles. The highest BCUT2D eigenvalue weighted by Crippen LogP contribution is 2.21. The zero-order valence-corrected chi connectivity index (χ0v) is 14.6. The Kier molecular flexibility index (Phi) is 6.37. The number of carbonyl (C=O) groups excluding carboxylic acids is 1. The van der Waals surface area contributed by atoms with Crippen molar-refractivity contribution >= 4 is 23.4 Å². The van der Waals surface area contributed by atoms with Gasteiger partial charge in [-0.05, 0) is 31.0 Å². The molecule has 0 spiro atoms. The lowest BCUT2D eigenvalue weighted by Crippen LogP contribution is -2.26. The van der Waals surface area contributed by atoms with Crippen LogP contribution in [-0.2, 0) is 5.75 Å². The number of hydrogen-bond acceptors (Lipinski definition) is 4. The molecule has 2 aromatic rings. The number of carbonyl (C=O) groups is 1. The van der Waals surface area contributed by atoms with E-state index in [0.29, 0.717) is 17.7 Å². The second kappa shape index (κ2) is 8.49. The number of nitrogens with one attached hydrogen (secondary N) is 1. The normalized spacial score (nSPS) is 10.4. The lowest BCUT2D eigenvalue weighted by Gasteiger charge is -2.08. The molecule has 0 fully saturated rings. The zero-order chi connectivity index (χ0) is 17.5. The van der Waals surface area contributed by atoms with E-state index < -0.39 is 4.92 Å². The van der Waals surface area contributed by atoms with Crippen molar-refractivity contribution in [3.8, 4) is 0 Å². The standard InChI is InChI=1S/C18H20N2O3S/c1-13-6-3-4-7-15(13)12-24-11-10-19-18(21)16-8-5-9-17(14(16)2)20(22)23/h3-9H,10-12H2,1-2H3,(H,19,21). The van der Waals surface area contributed by atoms with Crippen molar-refractivity contribution in [2.24, 2.45) is 0 Å². The molecular formula is C18H20N2O3S. The highest BCUT2D eigenvalue weighted by atomic mass is 32.2. The van der Waals surface area contributed by atoms with Gasteiger partial charge in [0, 0.05) is 35.2 Å². The fourth-order valence-corrected chi connectivity index (χ4v) is 3.29. The van der Waals surface area contributed by atoms with Crippen LogP contribution in [0.1, 0.15) is 27.0 Å². The van der Waals surface area contributed by atoms with E-state index in [1.54, 1.807) is 24.8 Å². The fraction of sp³-hybridized carbons (Fsp3) is 0.278. The molecule has 24 heavy (non-hydrogen) atoms. The first-order valence-corrected chi connectivity index (χ1v) is 8.80.